The molecule has 6 nitrogen and oxygen atoms in total. The van der Waals surface area contributed by atoms with E-state index in [0.717, 1.165) is 35.3 Å². The fourth-order valence-corrected chi connectivity index (χ4v) is 6.96. The van der Waals surface area contributed by atoms with Crippen molar-refractivity contribution in [3.8, 4) is 11.5 Å². The van der Waals surface area contributed by atoms with Crippen molar-refractivity contribution in [1.82, 2.24) is 0 Å². The van der Waals surface area contributed by atoms with E-state index in [1.807, 2.05) is 42.5 Å². The summed E-state index contributed by atoms with van der Waals surface area (Å²) in [4.78, 5) is 27.7. The van der Waals surface area contributed by atoms with Gasteiger partial charge in [0.15, 0.2) is 11.6 Å². The maximum atomic E-state index is 13.9. The molecule has 0 bridgehead atoms. The summed E-state index contributed by atoms with van der Waals surface area (Å²) >= 11 is 0. The van der Waals surface area contributed by atoms with Crippen LogP contribution in [0, 0.1) is 17.8 Å². The first kappa shape index (κ1) is 28.2. The van der Waals surface area contributed by atoms with Gasteiger partial charge >= 0.3 is 7.12 Å². The van der Waals surface area contributed by atoms with Gasteiger partial charge in [0, 0.05) is 23.0 Å². The van der Waals surface area contributed by atoms with Crippen molar-refractivity contribution in [2.45, 2.75) is 45.0 Å². The van der Waals surface area contributed by atoms with E-state index in [-0.39, 0.29) is 29.6 Å². The van der Waals surface area contributed by atoms with Gasteiger partial charge in [-0.15, -0.1) is 0 Å². The average Bonchev–Trinajstić information content (AvgIpc) is 3.01. The number of carbonyl (C=O) groups excluding carboxylic acids is 2. The summed E-state index contributed by atoms with van der Waals surface area (Å²) in [5, 5.41) is 20.6. The normalized spacial score (nSPS) is 23.8. The number of phenolic OH excluding ortho intramolecular Hbond substituents is 1. The van der Waals surface area contributed by atoms with Gasteiger partial charge in [-0.3, -0.25) is 9.59 Å². The third-order valence-electron chi connectivity index (χ3n) is 8.96. The van der Waals surface area contributed by atoms with Gasteiger partial charge in [0.2, 0.25) is 0 Å². The van der Waals surface area contributed by atoms with Crippen LogP contribution in [0.2, 0.25) is 6.32 Å². The third kappa shape index (κ3) is 5.59. The van der Waals surface area contributed by atoms with Crippen LogP contribution in [0.4, 0.5) is 0 Å². The van der Waals surface area contributed by atoms with Crippen molar-refractivity contribution in [2.75, 3.05) is 6.61 Å². The fourth-order valence-electron chi connectivity index (χ4n) is 6.96. The van der Waals surface area contributed by atoms with Gasteiger partial charge in [0.1, 0.15) is 18.1 Å². The Kier molecular flexibility index (Phi) is 8.14. The number of phenols is 1. The Labute approximate surface area is 246 Å². The second-order valence-electron chi connectivity index (χ2n) is 11.5. The number of fused-ring (bicyclic) bond motifs is 4. The smallest absolute Gasteiger partial charge is 0.455 e. The monoisotopic (exact) mass is 562 g/mol. The van der Waals surface area contributed by atoms with Gasteiger partial charge in [-0.05, 0) is 78.9 Å². The molecule has 4 atom stereocenters. The van der Waals surface area contributed by atoms with Gasteiger partial charge in [-0.2, -0.15) is 0 Å². The zero-order valence-electron chi connectivity index (χ0n) is 23.7. The molecular formula is C35H35BO6. The molecule has 2 aliphatic carbocycles. The number of hydrogen-bond acceptors (Lipinski definition) is 6. The molecule has 0 saturated carbocycles. The Morgan fingerprint density at radius 2 is 1.64 bits per heavy atom. The first-order chi connectivity index (χ1) is 20.4. The zero-order chi connectivity index (χ0) is 29.2. The average molecular weight is 562 g/mol. The van der Waals surface area contributed by atoms with Gasteiger partial charge < -0.3 is 19.5 Å². The number of para-hydroxylation sites is 1. The van der Waals surface area contributed by atoms with Crippen molar-refractivity contribution in [3.63, 3.8) is 0 Å². The Bertz CT molecular complexity index is 1530. The van der Waals surface area contributed by atoms with Crippen LogP contribution >= 0.6 is 0 Å². The number of ether oxygens (including phenoxy) is 1. The van der Waals surface area contributed by atoms with Crippen molar-refractivity contribution in [1.29, 1.82) is 0 Å². The molecule has 3 aromatic carbocycles. The van der Waals surface area contributed by atoms with Crippen LogP contribution < -0.4 is 4.74 Å². The van der Waals surface area contributed by atoms with Gasteiger partial charge in [0.05, 0.1) is 6.10 Å². The fraction of sp³-hybridized carbons (Fsp3) is 0.314. The van der Waals surface area contributed by atoms with Gasteiger partial charge in [0.25, 0.3) is 0 Å². The maximum Gasteiger partial charge on any atom is 0.455 e. The number of benzene rings is 3. The quantitative estimate of drug-likeness (QED) is 0.239. The van der Waals surface area contributed by atoms with Crippen LogP contribution in [0.1, 0.15) is 58.9 Å². The molecule has 3 aromatic rings. The Morgan fingerprint density at radius 3 is 2.36 bits per heavy atom. The molecule has 3 aliphatic rings. The summed E-state index contributed by atoms with van der Waals surface area (Å²) in [7, 11) is -1.02. The van der Waals surface area contributed by atoms with Gasteiger partial charge in [-0.25, -0.2) is 0 Å². The molecular weight excluding hydrogens is 527 g/mol. The standard InChI is InChI=1S/C35H35BO6/c1-2-22(18-23-12-15-25(37)16-13-23)14-17-31-32-24(21-41-26-8-4-3-5-9-26)19-29-33(30(32)20-36(40)42-31)35(39)28-11-7-6-10-27(28)34(29)38/h3-13,15-16,18,29-31,33,37,40H,2,14,17,19-21H2,1H3/b22-18+/t29-,30+,31-,33-/m1/s1. The lowest BCUT2D eigenvalue weighted by Gasteiger charge is -2.47. The van der Waals surface area contributed by atoms with Crippen molar-refractivity contribution >= 4 is 24.8 Å². The summed E-state index contributed by atoms with van der Waals surface area (Å²) in [6.07, 6.45) is 4.64. The number of carbonyl (C=O) groups is 2. The lowest BCUT2D eigenvalue weighted by molar-refractivity contribution is 0.0592. The first-order valence-corrected chi connectivity index (χ1v) is 14.8. The largest absolute Gasteiger partial charge is 0.508 e. The topological polar surface area (TPSA) is 93.1 Å². The van der Waals surface area contributed by atoms with E-state index < -0.39 is 25.1 Å². The third-order valence-corrected chi connectivity index (χ3v) is 8.96. The number of aromatic hydroxyl groups is 1. The SMILES string of the molecule is CC/C(=C\c1ccc(O)cc1)CC[C@H]1OB(O)C[C@H]2C1=C(COc1ccccc1)C[C@H]1C(=O)c3ccccc3C(=O)[C@H]12. The second-order valence-corrected chi connectivity index (χ2v) is 11.5. The van der Waals surface area contributed by atoms with Crippen LogP contribution in [0.3, 0.4) is 0 Å². The number of ketones is 2. The first-order valence-electron chi connectivity index (χ1n) is 14.8. The van der Waals surface area contributed by atoms with Crippen molar-refractivity contribution in [2.24, 2.45) is 17.8 Å². The van der Waals surface area contributed by atoms with Gasteiger partial charge in [-0.1, -0.05) is 73.2 Å². The molecule has 1 aliphatic heterocycles. The van der Waals surface area contributed by atoms with Crippen LogP contribution in [-0.2, 0) is 4.65 Å². The highest BCUT2D eigenvalue weighted by Crippen LogP contribution is 2.51. The minimum atomic E-state index is -1.02. The van der Waals surface area contributed by atoms with Crippen LogP contribution in [0.15, 0.2) is 95.6 Å². The molecule has 7 heteroatoms. The molecule has 0 aromatic heterocycles. The van der Waals surface area contributed by atoms with E-state index in [2.05, 4.69) is 13.0 Å². The second kappa shape index (κ2) is 12.1. The minimum Gasteiger partial charge on any atom is -0.508 e. The lowest BCUT2D eigenvalue weighted by atomic mass is 9.54. The molecule has 2 N–H and O–H groups in total. The van der Waals surface area contributed by atoms with E-state index in [9.17, 15) is 19.7 Å². The Morgan fingerprint density at radius 1 is 0.952 bits per heavy atom. The highest BCUT2D eigenvalue weighted by Gasteiger charge is 2.53. The van der Waals surface area contributed by atoms with E-state index in [4.69, 9.17) is 9.39 Å². The number of hydrogen-bond donors (Lipinski definition) is 2. The van der Waals surface area contributed by atoms with Crippen LogP contribution in [-0.4, -0.2) is 41.5 Å². The Hall–Kier alpha value is -3.94. The van der Waals surface area contributed by atoms with Crippen molar-refractivity contribution < 1.29 is 29.1 Å². The Balaban J connectivity index is 1.34. The highest BCUT2D eigenvalue weighted by molar-refractivity contribution is 6.43. The number of allylic oxidation sites excluding steroid dienone is 1. The predicted octanol–water partition coefficient (Wildman–Crippen LogP) is 6.55. The maximum absolute atomic E-state index is 13.9. The zero-order valence-corrected chi connectivity index (χ0v) is 23.7. The number of Topliss-reactive ketones (excluding diaryl/α,β-unsaturated/α-hetero) is 2. The number of rotatable bonds is 8. The predicted molar refractivity (Wildman–Crippen MR) is 162 cm³/mol. The van der Waals surface area contributed by atoms with E-state index >= 15 is 0 Å². The van der Waals surface area contributed by atoms with Crippen LogP contribution in [0.25, 0.3) is 6.08 Å². The van der Waals surface area contributed by atoms with Crippen LogP contribution in [0.5, 0.6) is 11.5 Å². The molecule has 1 fully saturated rings. The molecule has 0 amide bonds. The summed E-state index contributed by atoms with van der Waals surface area (Å²) in [5.41, 5.74) is 5.20. The molecule has 0 spiro atoms. The highest BCUT2D eigenvalue weighted by atomic mass is 16.5. The molecule has 1 heterocycles. The van der Waals surface area contributed by atoms with E-state index in [1.54, 1.807) is 36.4 Å². The molecule has 0 unspecified atom stereocenters. The van der Waals surface area contributed by atoms with Crippen molar-refractivity contribution in [3.05, 3.63) is 112 Å². The summed E-state index contributed by atoms with van der Waals surface area (Å²) in [6.45, 7) is 2.40. The molecule has 42 heavy (non-hydrogen) atoms. The molecule has 0 radical (unpaired) electrons. The summed E-state index contributed by atoms with van der Waals surface area (Å²) in [5.74, 6) is -0.373. The molecule has 214 valence electrons. The van der Waals surface area contributed by atoms with E-state index in [1.165, 1.54) is 5.57 Å². The molecule has 6 rings (SSSR count). The molecule has 1 saturated heterocycles. The van der Waals surface area contributed by atoms with E-state index in [0.29, 0.717) is 30.6 Å². The minimum absolute atomic E-state index is 0.00547. The summed E-state index contributed by atoms with van der Waals surface area (Å²) < 4.78 is 12.4. The summed E-state index contributed by atoms with van der Waals surface area (Å²) in [6, 6.07) is 23.8. The lowest BCUT2D eigenvalue weighted by Crippen LogP contribution is -2.51.